The molecule has 0 radical (unpaired) electrons. The van der Waals surface area contributed by atoms with E-state index in [4.69, 9.17) is 5.73 Å². The van der Waals surface area contributed by atoms with Crippen LogP contribution in [0.25, 0.3) is 10.8 Å². The molecular formula is C16H23N3. The molecule has 0 amide bonds. The molecule has 0 aliphatic rings. The first-order chi connectivity index (χ1) is 9.17. The first kappa shape index (κ1) is 13.7. The number of pyridine rings is 1. The van der Waals surface area contributed by atoms with Gasteiger partial charge in [-0.15, -0.1) is 0 Å². The molecule has 0 unspecified atom stereocenters. The molecular weight excluding hydrogens is 234 g/mol. The van der Waals surface area contributed by atoms with Gasteiger partial charge in [0.25, 0.3) is 0 Å². The van der Waals surface area contributed by atoms with Gasteiger partial charge >= 0.3 is 0 Å². The molecule has 0 saturated heterocycles. The van der Waals surface area contributed by atoms with Gasteiger partial charge in [-0.05, 0) is 38.0 Å². The van der Waals surface area contributed by atoms with Gasteiger partial charge in [0.15, 0.2) is 0 Å². The lowest BCUT2D eigenvalue weighted by Gasteiger charge is -2.25. The Kier molecular flexibility index (Phi) is 4.25. The van der Waals surface area contributed by atoms with Crippen molar-refractivity contribution in [3.05, 3.63) is 30.1 Å². The highest BCUT2D eigenvalue weighted by molar-refractivity contribution is 6.01. The highest BCUT2D eigenvalue weighted by Crippen LogP contribution is 2.31. The molecule has 0 fully saturated rings. The first-order valence-electron chi connectivity index (χ1n) is 7.07. The van der Waals surface area contributed by atoms with Gasteiger partial charge in [0.05, 0.1) is 0 Å². The van der Waals surface area contributed by atoms with Crippen molar-refractivity contribution in [3.63, 3.8) is 0 Å². The number of benzene rings is 1. The summed E-state index contributed by atoms with van der Waals surface area (Å²) in [6, 6.07) is 6.27. The molecule has 3 nitrogen and oxygen atoms in total. The number of hydrogen-bond acceptors (Lipinski definition) is 3. The lowest BCUT2D eigenvalue weighted by atomic mass is 10.1. The van der Waals surface area contributed by atoms with E-state index in [0.29, 0.717) is 0 Å². The van der Waals surface area contributed by atoms with Crippen LogP contribution in [0.2, 0.25) is 0 Å². The Morgan fingerprint density at radius 1 is 1.11 bits per heavy atom. The monoisotopic (exact) mass is 257 g/mol. The molecule has 2 aromatic rings. The average Bonchev–Trinajstić information content (AvgIpc) is 2.39. The number of rotatable bonds is 5. The molecule has 0 aliphatic heterocycles. The summed E-state index contributed by atoms with van der Waals surface area (Å²) in [6.45, 7) is 8.61. The maximum absolute atomic E-state index is 6.06. The van der Waals surface area contributed by atoms with Crippen LogP contribution in [0.1, 0.15) is 32.4 Å². The molecule has 2 rings (SSSR count). The van der Waals surface area contributed by atoms with Crippen LogP contribution in [0, 0.1) is 6.92 Å². The number of aromatic nitrogens is 1. The zero-order chi connectivity index (χ0) is 13.8. The molecule has 0 atom stereocenters. The Bertz CT molecular complexity index is 557. The van der Waals surface area contributed by atoms with E-state index < -0.39 is 0 Å². The molecule has 3 heteroatoms. The number of anilines is 2. The summed E-state index contributed by atoms with van der Waals surface area (Å²) in [7, 11) is 0. The molecule has 0 bridgehead atoms. The standard InChI is InChI=1S/C16H23N3/c1-4-8-19(9-5-2)16-7-6-15(17)14-11-18-12(3)10-13(14)16/h6-7,10-11H,4-5,8-9,17H2,1-3H3. The number of aryl methyl sites for hydroxylation is 1. The van der Waals surface area contributed by atoms with Crippen LogP contribution in [0.3, 0.4) is 0 Å². The van der Waals surface area contributed by atoms with E-state index in [1.165, 1.54) is 11.1 Å². The van der Waals surface area contributed by atoms with Gasteiger partial charge in [0.2, 0.25) is 0 Å². The van der Waals surface area contributed by atoms with Crippen molar-refractivity contribution in [2.75, 3.05) is 23.7 Å². The van der Waals surface area contributed by atoms with E-state index in [1.54, 1.807) is 0 Å². The quantitative estimate of drug-likeness (QED) is 0.829. The van der Waals surface area contributed by atoms with Crippen molar-refractivity contribution in [2.24, 2.45) is 0 Å². The van der Waals surface area contributed by atoms with Gasteiger partial charge in [0.1, 0.15) is 0 Å². The summed E-state index contributed by atoms with van der Waals surface area (Å²) in [5.74, 6) is 0. The second-order valence-electron chi connectivity index (χ2n) is 5.03. The minimum Gasteiger partial charge on any atom is -0.398 e. The normalized spacial score (nSPS) is 10.9. The summed E-state index contributed by atoms with van der Waals surface area (Å²) < 4.78 is 0. The Hall–Kier alpha value is -1.77. The van der Waals surface area contributed by atoms with Crippen LogP contribution in [-0.4, -0.2) is 18.1 Å². The lowest BCUT2D eigenvalue weighted by Crippen LogP contribution is -2.25. The molecule has 0 saturated carbocycles. The van der Waals surface area contributed by atoms with E-state index in [2.05, 4.69) is 35.9 Å². The third-order valence-corrected chi connectivity index (χ3v) is 3.38. The van der Waals surface area contributed by atoms with Crippen molar-refractivity contribution >= 4 is 22.1 Å². The summed E-state index contributed by atoms with van der Waals surface area (Å²) in [4.78, 5) is 6.81. The number of nitrogens with zero attached hydrogens (tertiary/aromatic N) is 2. The molecule has 0 aliphatic carbocycles. The second-order valence-corrected chi connectivity index (χ2v) is 5.03. The molecule has 2 N–H and O–H groups in total. The molecule has 1 aromatic heterocycles. The SMILES string of the molecule is CCCN(CCC)c1ccc(N)c2cnc(C)cc12. The summed E-state index contributed by atoms with van der Waals surface area (Å²) in [5.41, 5.74) is 9.18. The van der Waals surface area contributed by atoms with Crippen molar-refractivity contribution in [2.45, 2.75) is 33.6 Å². The smallest absolute Gasteiger partial charge is 0.0448 e. The number of nitrogen functional groups attached to an aromatic ring is 1. The fourth-order valence-electron chi connectivity index (χ4n) is 2.52. The lowest BCUT2D eigenvalue weighted by molar-refractivity contribution is 0.747. The van der Waals surface area contributed by atoms with Crippen LogP contribution >= 0.6 is 0 Å². The Morgan fingerprint density at radius 3 is 2.42 bits per heavy atom. The predicted octanol–water partition coefficient (Wildman–Crippen LogP) is 3.75. The molecule has 1 heterocycles. The third-order valence-electron chi connectivity index (χ3n) is 3.38. The largest absolute Gasteiger partial charge is 0.398 e. The highest BCUT2D eigenvalue weighted by Gasteiger charge is 2.11. The predicted molar refractivity (Wildman–Crippen MR) is 83.7 cm³/mol. The van der Waals surface area contributed by atoms with Gasteiger partial charge in [-0.2, -0.15) is 0 Å². The van der Waals surface area contributed by atoms with Gasteiger partial charge in [-0.1, -0.05) is 13.8 Å². The zero-order valence-corrected chi connectivity index (χ0v) is 12.1. The topological polar surface area (TPSA) is 42.1 Å². The van der Waals surface area contributed by atoms with E-state index >= 15 is 0 Å². The molecule has 1 aromatic carbocycles. The molecule has 19 heavy (non-hydrogen) atoms. The van der Waals surface area contributed by atoms with Gasteiger partial charge in [-0.25, -0.2) is 0 Å². The van der Waals surface area contributed by atoms with Crippen LogP contribution in [-0.2, 0) is 0 Å². The Labute approximate surface area is 115 Å². The van der Waals surface area contributed by atoms with Crippen molar-refractivity contribution in [1.29, 1.82) is 0 Å². The fraction of sp³-hybridized carbons (Fsp3) is 0.438. The average molecular weight is 257 g/mol. The van der Waals surface area contributed by atoms with Gasteiger partial charge in [-0.3, -0.25) is 4.98 Å². The van der Waals surface area contributed by atoms with Crippen molar-refractivity contribution in [1.82, 2.24) is 4.98 Å². The van der Waals surface area contributed by atoms with Crippen LogP contribution in [0.4, 0.5) is 11.4 Å². The van der Waals surface area contributed by atoms with Crippen LogP contribution in [0.5, 0.6) is 0 Å². The van der Waals surface area contributed by atoms with Crippen molar-refractivity contribution in [3.8, 4) is 0 Å². The Morgan fingerprint density at radius 2 is 1.79 bits per heavy atom. The minimum absolute atomic E-state index is 0.805. The van der Waals surface area contributed by atoms with E-state index in [0.717, 1.165) is 42.7 Å². The van der Waals surface area contributed by atoms with Crippen LogP contribution < -0.4 is 10.6 Å². The fourth-order valence-corrected chi connectivity index (χ4v) is 2.52. The van der Waals surface area contributed by atoms with Crippen molar-refractivity contribution < 1.29 is 0 Å². The highest BCUT2D eigenvalue weighted by atomic mass is 15.1. The third kappa shape index (κ3) is 2.80. The van der Waals surface area contributed by atoms with E-state index in [9.17, 15) is 0 Å². The zero-order valence-electron chi connectivity index (χ0n) is 12.1. The van der Waals surface area contributed by atoms with Gasteiger partial charge in [0, 0.05) is 47.1 Å². The van der Waals surface area contributed by atoms with E-state index in [-0.39, 0.29) is 0 Å². The Balaban J connectivity index is 2.58. The molecule has 102 valence electrons. The molecule has 0 spiro atoms. The number of nitrogens with two attached hydrogens (primary N) is 1. The number of hydrogen-bond donors (Lipinski definition) is 1. The van der Waals surface area contributed by atoms with Gasteiger partial charge < -0.3 is 10.6 Å². The summed E-state index contributed by atoms with van der Waals surface area (Å²) in [6.07, 6.45) is 4.19. The maximum atomic E-state index is 6.06. The summed E-state index contributed by atoms with van der Waals surface area (Å²) >= 11 is 0. The number of fused-ring (bicyclic) bond motifs is 1. The maximum Gasteiger partial charge on any atom is 0.0448 e. The van der Waals surface area contributed by atoms with Crippen LogP contribution in [0.15, 0.2) is 24.4 Å². The first-order valence-corrected chi connectivity index (χ1v) is 7.07. The minimum atomic E-state index is 0.805. The van der Waals surface area contributed by atoms with E-state index in [1.807, 2.05) is 19.2 Å². The second kappa shape index (κ2) is 5.91. The summed E-state index contributed by atoms with van der Waals surface area (Å²) in [5, 5.41) is 2.27.